The molecule has 0 aromatic heterocycles. The highest BCUT2D eigenvalue weighted by Gasteiger charge is 2.17. The van der Waals surface area contributed by atoms with Gasteiger partial charge in [0, 0.05) is 13.5 Å². The summed E-state index contributed by atoms with van der Waals surface area (Å²) in [6.07, 6.45) is -0.607. The van der Waals surface area contributed by atoms with Gasteiger partial charge in [0.05, 0.1) is 6.10 Å². The lowest BCUT2D eigenvalue weighted by molar-refractivity contribution is -0.148. The van der Waals surface area contributed by atoms with Crippen molar-refractivity contribution >= 4 is 5.97 Å². The Bertz CT molecular complexity index is 120. The molecule has 0 aliphatic carbocycles. The first kappa shape index (κ1) is 10.4. The highest BCUT2D eigenvalue weighted by Crippen LogP contribution is 2.05. The number of rotatable bonds is 5. The van der Waals surface area contributed by atoms with Crippen LogP contribution < -0.4 is 0 Å². The predicted octanol–water partition coefficient (Wildman–Crippen LogP) is 0.247. The van der Waals surface area contributed by atoms with E-state index in [1.807, 2.05) is 6.92 Å². The van der Waals surface area contributed by atoms with Gasteiger partial charge in [-0.3, -0.25) is 0 Å². The summed E-state index contributed by atoms with van der Waals surface area (Å²) in [6.45, 7) is 1.88. The Morgan fingerprint density at radius 2 is 2.18 bits per heavy atom. The summed E-state index contributed by atoms with van der Waals surface area (Å²) < 4.78 is 4.90. The quantitative estimate of drug-likeness (QED) is 0.608. The van der Waals surface area contributed by atoms with Crippen LogP contribution in [0.1, 0.15) is 19.8 Å². The van der Waals surface area contributed by atoms with Crippen LogP contribution in [0.15, 0.2) is 0 Å². The van der Waals surface area contributed by atoms with Crippen molar-refractivity contribution in [3.05, 3.63) is 0 Å². The molecule has 11 heavy (non-hydrogen) atoms. The van der Waals surface area contributed by atoms with Crippen molar-refractivity contribution in [3.8, 4) is 0 Å². The first-order valence-corrected chi connectivity index (χ1v) is 3.55. The minimum atomic E-state index is -1.31. The molecule has 0 aliphatic rings. The molecular weight excluding hydrogens is 148 g/mol. The largest absolute Gasteiger partial charge is 0.479 e. The molecule has 0 saturated heterocycles. The molecule has 2 unspecified atom stereocenters. The molecule has 4 nitrogen and oxygen atoms in total. The third-order valence-electron chi connectivity index (χ3n) is 1.56. The van der Waals surface area contributed by atoms with E-state index in [9.17, 15) is 4.79 Å². The van der Waals surface area contributed by atoms with Gasteiger partial charge in [0.25, 0.3) is 0 Å². The Morgan fingerprint density at radius 1 is 1.64 bits per heavy atom. The minimum Gasteiger partial charge on any atom is -0.479 e. The number of carboxylic acid groups (broad SMARTS) is 1. The van der Waals surface area contributed by atoms with Gasteiger partial charge < -0.3 is 14.9 Å². The van der Waals surface area contributed by atoms with Crippen LogP contribution in [-0.4, -0.2) is 35.5 Å². The Balaban J connectivity index is 3.71. The van der Waals surface area contributed by atoms with Crippen LogP contribution in [0.5, 0.6) is 0 Å². The van der Waals surface area contributed by atoms with Crippen LogP contribution in [-0.2, 0) is 9.53 Å². The normalized spacial score (nSPS) is 15.9. The number of aliphatic hydroxyl groups excluding tert-OH is 1. The Morgan fingerprint density at radius 3 is 2.45 bits per heavy atom. The fraction of sp³-hybridized carbons (Fsp3) is 0.857. The van der Waals surface area contributed by atoms with Gasteiger partial charge in [0.15, 0.2) is 6.10 Å². The number of carboxylic acids is 1. The molecule has 0 bridgehead atoms. The molecule has 0 rings (SSSR count). The van der Waals surface area contributed by atoms with Gasteiger partial charge in [-0.25, -0.2) is 4.79 Å². The molecule has 0 aromatic rings. The van der Waals surface area contributed by atoms with Crippen molar-refractivity contribution in [2.24, 2.45) is 0 Å². The van der Waals surface area contributed by atoms with E-state index < -0.39 is 12.1 Å². The molecule has 0 aliphatic heterocycles. The average Bonchev–Trinajstić information content (AvgIpc) is 1.99. The molecule has 2 atom stereocenters. The summed E-state index contributed by atoms with van der Waals surface area (Å²) in [5, 5.41) is 17.2. The Hall–Kier alpha value is -0.610. The van der Waals surface area contributed by atoms with Crippen LogP contribution in [0, 0.1) is 0 Å². The third-order valence-corrected chi connectivity index (χ3v) is 1.56. The van der Waals surface area contributed by atoms with Gasteiger partial charge in [-0.05, 0) is 6.42 Å². The lowest BCUT2D eigenvalue weighted by Gasteiger charge is -2.14. The van der Waals surface area contributed by atoms with Gasteiger partial charge in [-0.15, -0.1) is 0 Å². The summed E-state index contributed by atoms with van der Waals surface area (Å²) in [6, 6.07) is 0. The first-order chi connectivity index (χ1) is 5.11. The maximum absolute atomic E-state index is 10.2. The highest BCUT2D eigenvalue weighted by molar-refractivity contribution is 5.71. The molecule has 0 fully saturated rings. The second kappa shape index (κ2) is 5.09. The summed E-state index contributed by atoms with van der Waals surface area (Å²) in [5.41, 5.74) is 0. The fourth-order valence-electron chi connectivity index (χ4n) is 0.779. The maximum Gasteiger partial charge on any atom is 0.332 e. The van der Waals surface area contributed by atoms with Crippen molar-refractivity contribution in [3.63, 3.8) is 0 Å². The van der Waals surface area contributed by atoms with E-state index in [0.29, 0.717) is 6.42 Å². The molecule has 2 N–H and O–H groups in total. The van der Waals surface area contributed by atoms with Crippen molar-refractivity contribution < 1.29 is 19.7 Å². The van der Waals surface area contributed by atoms with Crippen LogP contribution in [0.3, 0.4) is 0 Å². The van der Waals surface area contributed by atoms with Crippen molar-refractivity contribution in [2.45, 2.75) is 32.0 Å². The lowest BCUT2D eigenvalue weighted by atomic mass is 10.1. The molecule has 0 radical (unpaired) electrons. The summed E-state index contributed by atoms with van der Waals surface area (Å²) in [4.78, 5) is 10.2. The van der Waals surface area contributed by atoms with E-state index in [4.69, 9.17) is 14.9 Å². The Kier molecular flexibility index (Phi) is 4.81. The molecule has 0 saturated carbocycles. The van der Waals surface area contributed by atoms with Crippen molar-refractivity contribution in [2.75, 3.05) is 7.11 Å². The summed E-state index contributed by atoms with van der Waals surface area (Å²) in [7, 11) is 1.50. The van der Waals surface area contributed by atoms with E-state index in [-0.39, 0.29) is 12.5 Å². The number of ether oxygens (including phenoxy) is 1. The average molecular weight is 162 g/mol. The smallest absolute Gasteiger partial charge is 0.332 e. The fourth-order valence-corrected chi connectivity index (χ4v) is 0.779. The SMILES string of the molecule is CCC(CC(O)C(=O)O)OC. The van der Waals surface area contributed by atoms with Crippen LogP contribution >= 0.6 is 0 Å². The molecule has 0 spiro atoms. The van der Waals surface area contributed by atoms with Gasteiger partial charge >= 0.3 is 5.97 Å². The van der Waals surface area contributed by atoms with Crippen molar-refractivity contribution in [1.29, 1.82) is 0 Å². The molecule has 0 aromatic carbocycles. The standard InChI is InChI=1S/C7H14O4/c1-3-5(11-2)4-6(8)7(9)10/h5-6,8H,3-4H2,1-2H3,(H,9,10). The third kappa shape index (κ3) is 3.95. The van der Waals surface area contributed by atoms with Crippen LogP contribution in [0.4, 0.5) is 0 Å². The number of methoxy groups -OCH3 is 1. The summed E-state index contributed by atoms with van der Waals surface area (Å²) >= 11 is 0. The second-order valence-electron chi connectivity index (χ2n) is 2.36. The number of hydrogen-bond acceptors (Lipinski definition) is 3. The summed E-state index contributed by atoms with van der Waals surface area (Å²) in [5.74, 6) is -1.19. The monoisotopic (exact) mass is 162 g/mol. The van der Waals surface area contributed by atoms with Crippen LogP contribution in [0.2, 0.25) is 0 Å². The Labute approximate surface area is 65.8 Å². The molecule has 66 valence electrons. The first-order valence-electron chi connectivity index (χ1n) is 3.55. The van der Waals surface area contributed by atoms with Gasteiger partial charge in [0.1, 0.15) is 0 Å². The molecule has 4 heteroatoms. The van der Waals surface area contributed by atoms with E-state index in [1.54, 1.807) is 0 Å². The molecule has 0 heterocycles. The molecule has 0 amide bonds. The zero-order valence-corrected chi connectivity index (χ0v) is 6.78. The number of carbonyl (C=O) groups is 1. The number of aliphatic carboxylic acids is 1. The maximum atomic E-state index is 10.2. The van der Waals surface area contributed by atoms with Gasteiger partial charge in [0.2, 0.25) is 0 Å². The van der Waals surface area contributed by atoms with Gasteiger partial charge in [-0.2, -0.15) is 0 Å². The van der Waals surface area contributed by atoms with E-state index in [2.05, 4.69) is 0 Å². The molecular formula is C7H14O4. The van der Waals surface area contributed by atoms with E-state index in [0.717, 1.165) is 0 Å². The highest BCUT2D eigenvalue weighted by atomic mass is 16.5. The van der Waals surface area contributed by atoms with Crippen molar-refractivity contribution in [1.82, 2.24) is 0 Å². The second-order valence-corrected chi connectivity index (χ2v) is 2.36. The lowest BCUT2D eigenvalue weighted by Crippen LogP contribution is -2.26. The van der Waals surface area contributed by atoms with Crippen LogP contribution in [0.25, 0.3) is 0 Å². The predicted molar refractivity (Wildman–Crippen MR) is 39.3 cm³/mol. The topological polar surface area (TPSA) is 66.8 Å². The van der Waals surface area contributed by atoms with E-state index in [1.165, 1.54) is 7.11 Å². The zero-order valence-electron chi connectivity index (χ0n) is 6.78. The number of hydrogen-bond donors (Lipinski definition) is 2. The number of aliphatic hydroxyl groups is 1. The minimum absolute atomic E-state index is 0.155. The zero-order chi connectivity index (χ0) is 8.85. The van der Waals surface area contributed by atoms with E-state index >= 15 is 0 Å². The van der Waals surface area contributed by atoms with Gasteiger partial charge in [-0.1, -0.05) is 6.92 Å².